The molecule has 1 aliphatic rings. The van der Waals surface area contributed by atoms with Crippen LogP contribution >= 0.6 is 0 Å². The van der Waals surface area contributed by atoms with E-state index in [1.165, 1.54) is 0 Å². The Labute approximate surface area is 288 Å². The van der Waals surface area contributed by atoms with E-state index in [2.05, 4.69) is 48.6 Å². The minimum atomic E-state index is -0.184. The van der Waals surface area contributed by atoms with Crippen LogP contribution in [0.4, 0.5) is 0 Å². The maximum absolute atomic E-state index is 14.5. The quantitative estimate of drug-likeness (QED) is 0.181. The molecule has 6 heteroatoms. The Bertz CT molecular complexity index is 2740. The summed E-state index contributed by atoms with van der Waals surface area (Å²) in [6.45, 7) is 0. The van der Waals surface area contributed by atoms with Crippen LogP contribution in [0.25, 0.3) is 61.5 Å². The Morgan fingerprint density at radius 3 is 1.42 bits per heavy atom. The number of imidazole rings is 2. The minimum absolute atomic E-state index is 0.142. The van der Waals surface area contributed by atoms with Gasteiger partial charge in [0.2, 0.25) is 0 Å². The van der Waals surface area contributed by atoms with E-state index in [1.807, 2.05) is 126 Å². The zero-order valence-electron chi connectivity index (χ0n) is 27.2. The number of para-hydroxylation sites is 4. The molecule has 9 rings (SSSR count). The number of fused-ring (bicyclic) bond motifs is 2. The van der Waals surface area contributed by atoms with Crippen LogP contribution in [0.2, 0.25) is 0 Å². The monoisotopic (exact) mass is 648 g/mol. The highest BCUT2D eigenvalue weighted by atomic mass is 16.2. The number of hydrogen-bond donors (Lipinski definition) is 0. The van der Waals surface area contributed by atoms with Gasteiger partial charge in [-0.1, -0.05) is 109 Å². The first kappa shape index (κ1) is 29.5. The maximum Gasteiger partial charge on any atom is 0.338 e. The topological polar surface area (TPSA) is 53.9 Å². The Hall–Kier alpha value is -6.66. The first-order valence-electron chi connectivity index (χ1n) is 16.8. The molecule has 0 bridgehead atoms. The number of benzene rings is 6. The fraction of sp³-hybridized carbons (Fsp3) is 0.0455. The standard InChI is InChI=1S/C44H32N4O2/c49-43-45(35-20-11-18-33(28-35)31-14-3-1-4-15-31)39-24-7-9-26-41(39)47(43)37-22-13-23-38(30-37)48-42-27-10-8-25-40(42)46(44(48)50)36-21-12-19-34(29-36)32-16-5-2-6-17-32/h1-11,13-20,22-30H,12,21H2. The molecule has 8 aromatic rings. The average Bonchev–Trinajstić information content (AvgIpc) is 3.65. The van der Waals surface area contributed by atoms with Crippen molar-refractivity contribution in [2.24, 2.45) is 0 Å². The third-order valence-electron chi connectivity index (χ3n) is 9.53. The molecule has 0 spiro atoms. The van der Waals surface area contributed by atoms with E-state index in [0.29, 0.717) is 11.4 Å². The molecule has 0 saturated carbocycles. The van der Waals surface area contributed by atoms with E-state index in [1.54, 1.807) is 13.7 Å². The van der Waals surface area contributed by atoms with E-state index >= 15 is 0 Å². The highest BCUT2D eigenvalue weighted by molar-refractivity contribution is 5.87. The van der Waals surface area contributed by atoms with Crippen molar-refractivity contribution >= 4 is 33.3 Å². The molecule has 240 valence electrons. The lowest BCUT2D eigenvalue weighted by Crippen LogP contribution is -2.24. The fourth-order valence-electron chi connectivity index (χ4n) is 7.24. The number of nitrogens with zero attached hydrogens (tertiary/aromatic N) is 4. The predicted molar refractivity (Wildman–Crippen MR) is 203 cm³/mol. The SMILES string of the molecule is O=c1n(C2=CC(c3ccccc3)=CCC2)c2ccccc2n1-c1cccc(-n2c(=O)n(-c3cccc(-c4ccccc4)c3)c3ccccc32)c1. The lowest BCUT2D eigenvalue weighted by molar-refractivity contribution is 0.887. The summed E-state index contributed by atoms with van der Waals surface area (Å²) in [6, 6.07) is 51.9. The third kappa shape index (κ3) is 4.89. The van der Waals surface area contributed by atoms with E-state index in [9.17, 15) is 9.59 Å². The van der Waals surface area contributed by atoms with Gasteiger partial charge in [-0.15, -0.1) is 0 Å². The first-order chi connectivity index (χ1) is 24.7. The molecular weight excluding hydrogens is 617 g/mol. The molecule has 0 saturated heterocycles. The Balaban J connectivity index is 1.19. The summed E-state index contributed by atoms with van der Waals surface area (Å²) < 4.78 is 7.10. The van der Waals surface area contributed by atoms with Crippen LogP contribution in [0.3, 0.4) is 0 Å². The van der Waals surface area contributed by atoms with Crippen molar-refractivity contribution in [3.8, 4) is 28.2 Å². The highest BCUT2D eigenvalue weighted by Gasteiger charge is 2.21. The molecule has 6 nitrogen and oxygen atoms in total. The molecular formula is C44H32N4O2. The Kier molecular flexibility index (Phi) is 7.13. The molecule has 0 aliphatic heterocycles. The van der Waals surface area contributed by atoms with Gasteiger partial charge in [-0.25, -0.2) is 9.59 Å². The van der Waals surface area contributed by atoms with Crippen LogP contribution in [0.1, 0.15) is 18.4 Å². The molecule has 2 heterocycles. The van der Waals surface area contributed by atoms with Crippen LogP contribution in [0, 0.1) is 0 Å². The Morgan fingerprint density at radius 2 is 0.840 bits per heavy atom. The van der Waals surface area contributed by atoms with Crippen LogP contribution < -0.4 is 11.4 Å². The van der Waals surface area contributed by atoms with Gasteiger partial charge in [0.15, 0.2) is 0 Å². The van der Waals surface area contributed by atoms with E-state index in [-0.39, 0.29) is 11.4 Å². The van der Waals surface area contributed by atoms with Gasteiger partial charge >= 0.3 is 11.4 Å². The summed E-state index contributed by atoms with van der Waals surface area (Å²) in [5.74, 6) is 0. The summed E-state index contributed by atoms with van der Waals surface area (Å²) in [4.78, 5) is 29.0. The van der Waals surface area contributed by atoms with Gasteiger partial charge in [-0.05, 0) is 95.8 Å². The number of allylic oxidation sites excluding steroid dienone is 4. The Morgan fingerprint density at radius 1 is 0.400 bits per heavy atom. The number of rotatable bonds is 6. The van der Waals surface area contributed by atoms with Crippen LogP contribution in [0.5, 0.6) is 0 Å². The molecule has 2 aromatic heterocycles. The zero-order chi connectivity index (χ0) is 33.6. The first-order valence-corrected chi connectivity index (χ1v) is 16.8. The van der Waals surface area contributed by atoms with Crippen molar-refractivity contribution in [2.45, 2.75) is 12.8 Å². The van der Waals surface area contributed by atoms with Gasteiger partial charge in [-0.2, -0.15) is 0 Å². The van der Waals surface area contributed by atoms with Crippen LogP contribution in [0.15, 0.2) is 179 Å². The second kappa shape index (κ2) is 12.1. The third-order valence-corrected chi connectivity index (χ3v) is 9.53. The number of aromatic nitrogens is 4. The van der Waals surface area contributed by atoms with Gasteiger partial charge in [0.25, 0.3) is 0 Å². The average molecular weight is 649 g/mol. The minimum Gasteiger partial charge on any atom is -0.264 e. The van der Waals surface area contributed by atoms with Crippen molar-refractivity contribution in [1.29, 1.82) is 0 Å². The van der Waals surface area contributed by atoms with Crippen molar-refractivity contribution in [3.63, 3.8) is 0 Å². The van der Waals surface area contributed by atoms with Gasteiger partial charge < -0.3 is 0 Å². The summed E-state index contributed by atoms with van der Waals surface area (Å²) in [6.07, 6.45) is 5.97. The maximum atomic E-state index is 14.5. The van der Waals surface area contributed by atoms with Gasteiger partial charge in [0.1, 0.15) is 0 Å². The van der Waals surface area contributed by atoms with Crippen molar-refractivity contribution in [2.75, 3.05) is 0 Å². The van der Waals surface area contributed by atoms with Crippen LogP contribution in [-0.2, 0) is 0 Å². The lowest BCUT2D eigenvalue weighted by Gasteiger charge is -2.15. The molecule has 0 radical (unpaired) electrons. The van der Waals surface area contributed by atoms with E-state index < -0.39 is 0 Å². The van der Waals surface area contributed by atoms with Crippen LogP contribution in [-0.4, -0.2) is 18.3 Å². The molecule has 0 unspecified atom stereocenters. The number of hydrogen-bond acceptors (Lipinski definition) is 2. The summed E-state index contributed by atoms with van der Waals surface area (Å²) >= 11 is 0. The van der Waals surface area contributed by atoms with Crippen molar-refractivity contribution in [1.82, 2.24) is 18.3 Å². The normalized spacial score (nSPS) is 13.0. The molecule has 0 amide bonds. The second-order valence-electron chi connectivity index (χ2n) is 12.5. The molecule has 0 atom stereocenters. The van der Waals surface area contributed by atoms with Gasteiger partial charge in [0, 0.05) is 5.70 Å². The molecule has 0 fully saturated rings. The summed E-state index contributed by atoms with van der Waals surface area (Å²) in [5, 5.41) is 0. The van der Waals surface area contributed by atoms with Crippen molar-refractivity contribution < 1.29 is 0 Å². The van der Waals surface area contributed by atoms with Gasteiger partial charge in [0.05, 0.1) is 39.1 Å². The lowest BCUT2D eigenvalue weighted by atomic mass is 9.97. The molecule has 6 aromatic carbocycles. The second-order valence-corrected chi connectivity index (χ2v) is 12.5. The van der Waals surface area contributed by atoms with E-state index in [0.717, 1.165) is 68.6 Å². The van der Waals surface area contributed by atoms with Crippen molar-refractivity contribution in [3.05, 3.63) is 196 Å². The summed E-state index contributed by atoms with van der Waals surface area (Å²) in [7, 11) is 0. The highest BCUT2D eigenvalue weighted by Crippen LogP contribution is 2.31. The largest absolute Gasteiger partial charge is 0.338 e. The summed E-state index contributed by atoms with van der Waals surface area (Å²) in [5.41, 5.74) is 10.4. The smallest absolute Gasteiger partial charge is 0.264 e. The molecule has 50 heavy (non-hydrogen) atoms. The fourth-order valence-corrected chi connectivity index (χ4v) is 7.24. The predicted octanol–water partition coefficient (Wildman–Crippen LogP) is 9.27. The zero-order valence-corrected chi connectivity index (χ0v) is 27.2. The molecule has 0 N–H and O–H groups in total. The van der Waals surface area contributed by atoms with E-state index in [4.69, 9.17) is 0 Å². The van der Waals surface area contributed by atoms with Gasteiger partial charge in [-0.3, -0.25) is 18.3 Å². The molecule has 1 aliphatic carbocycles.